The van der Waals surface area contributed by atoms with Gasteiger partial charge in [0.15, 0.2) is 0 Å². The lowest BCUT2D eigenvalue weighted by Gasteiger charge is -2.11. The molecule has 0 spiro atoms. The van der Waals surface area contributed by atoms with Crippen molar-refractivity contribution in [3.05, 3.63) is 59.1 Å². The summed E-state index contributed by atoms with van der Waals surface area (Å²) in [5.74, 6) is -0.283. The number of hydrogen-bond acceptors (Lipinski definition) is 3. The maximum Gasteiger partial charge on any atom is 0.239 e. The Labute approximate surface area is 146 Å². The Morgan fingerprint density at radius 2 is 1.83 bits per heavy atom. The number of benzene rings is 2. The quantitative estimate of drug-likeness (QED) is 0.722. The first kappa shape index (κ1) is 17.8. The second-order valence-electron chi connectivity index (χ2n) is 5.31. The summed E-state index contributed by atoms with van der Waals surface area (Å²) in [6, 6.07) is 15.0. The molecule has 0 aromatic heterocycles. The smallest absolute Gasteiger partial charge is 0.239 e. The van der Waals surface area contributed by atoms with E-state index in [2.05, 4.69) is 16.0 Å². The molecule has 0 aliphatic heterocycles. The molecule has 5 nitrogen and oxygen atoms in total. The number of carbonyl (C=O) groups excluding carboxylic acids is 2. The van der Waals surface area contributed by atoms with Gasteiger partial charge < -0.3 is 16.0 Å². The van der Waals surface area contributed by atoms with Gasteiger partial charge in [-0.05, 0) is 30.2 Å². The minimum Gasteiger partial charge on any atom is -0.375 e. The minimum absolute atomic E-state index is 0.109. The summed E-state index contributed by atoms with van der Waals surface area (Å²) in [5.41, 5.74) is 2.40. The fraction of sp³-hybridized carbons (Fsp3) is 0.222. The summed E-state index contributed by atoms with van der Waals surface area (Å²) < 4.78 is 0. The van der Waals surface area contributed by atoms with Crippen molar-refractivity contribution in [1.29, 1.82) is 0 Å². The number of amides is 2. The van der Waals surface area contributed by atoms with Gasteiger partial charge >= 0.3 is 0 Å². The summed E-state index contributed by atoms with van der Waals surface area (Å²) >= 11 is 6.09. The normalized spacial score (nSPS) is 10.1. The van der Waals surface area contributed by atoms with Crippen molar-refractivity contribution in [1.82, 2.24) is 5.32 Å². The Hall–Kier alpha value is -2.53. The van der Waals surface area contributed by atoms with Gasteiger partial charge in [0.2, 0.25) is 11.8 Å². The molecule has 0 aliphatic carbocycles. The van der Waals surface area contributed by atoms with Crippen molar-refractivity contribution in [2.45, 2.75) is 13.3 Å². The molecule has 6 heteroatoms. The van der Waals surface area contributed by atoms with Gasteiger partial charge in [0.1, 0.15) is 0 Å². The Balaban J connectivity index is 1.79. The molecule has 0 atom stereocenters. The van der Waals surface area contributed by atoms with Crippen LogP contribution in [-0.2, 0) is 16.0 Å². The van der Waals surface area contributed by atoms with E-state index < -0.39 is 0 Å². The van der Waals surface area contributed by atoms with Crippen molar-refractivity contribution in [2.24, 2.45) is 0 Å². The lowest BCUT2D eigenvalue weighted by atomic mass is 10.1. The Morgan fingerprint density at radius 3 is 2.54 bits per heavy atom. The van der Waals surface area contributed by atoms with Gasteiger partial charge in [-0.2, -0.15) is 0 Å². The van der Waals surface area contributed by atoms with Crippen LogP contribution in [0.15, 0.2) is 48.5 Å². The van der Waals surface area contributed by atoms with E-state index in [0.29, 0.717) is 22.9 Å². The average Bonchev–Trinajstić information content (AvgIpc) is 2.56. The predicted octanol–water partition coefficient (Wildman–Crippen LogP) is 3.07. The van der Waals surface area contributed by atoms with Gasteiger partial charge in [0.25, 0.3) is 0 Å². The zero-order valence-corrected chi connectivity index (χ0v) is 14.2. The third-order valence-corrected chi connectivity index (χ3v) is 3.63. The standard InChI is InChI=1S/C18H20ClN3O2/c1-13(23)22-15-7-8-16(19)17(11-15)21-12-18(24)20-10-9-14-5-3-2-4-6-14/h2-8,11,21H,9-10,12H2,1H3,(H,20,24)(H,22,23). The lowest BCUT2D eigenvalue weighted by Crippen LogP contribution is -2.31. The van der Waals surface area contributed by atoms with Crippen LogP contribution in [0, 0.1) is 0 Å². The van der Waals surface area contributed by atoms with Crippen molar-refractivity contribution in [3.8, 4) is 0 Å². The van der Waals surface area contributed by atoms with E-state index in [0.717, 1.165) is 6.42 Å². The molecule has 2 aromatic rings. The number of halogens is 1. The highest BCUT2D eigenvalue weighted by molar-refractivity contribution is 6.33. The number of anilines is 2. The van der Waals surface area contributed by atoms with Crippen molar-refractivity contribution >= 4 is 34.8 Å². The molecule has 0 bridgehead atoms. The monoisotopic (exact) mass is 345 g/mol. The molecule has 0 saturated carbocycles. The average molecular weight is 346 g/mol. The van der Waals surface area contributed by atoms with Crippen LogP contribution < -0.4 is 16.0 Å². The Kier molecular flexibility index (Phi) is 6.63. The molecule has 126 valence electrons. The van der Waals surface area contributed by atoms with Crippen molar-refractivity contribution in [3.63, 3.8) is 0 Å². The third-order valence-electron chi connectivity index (χ3n) is 3.30. The molecule has 0 heterocycles. The van der Waals surface area contributed by atoms with Crippen molar-refractivity contribution < 1.29 is 9.59 Å². The summed E-state index contributed by atoms with van der Waals surface area (Å²) in [7, 11) is 0. The van der Waals surface area contributed by atoms with Crippen LogP contribution in [0.1, 0.15) is 12.5 Å². The minimum atomic E-state index is -0.165. The summed E-state index contributed by atoms with van der Waals surface area (Å²) in [4.78, 5) is 23.0. The van der Waals surface area contributed by atoms with Crippen LogP contribution in [-0.4, -0.2) is 24.9 Å². The first-order valence-corrected chi connectivity index (χ1v) is 8.04. The molecule has 0 saturated heterocycles. The number of hydrogen-bond donors (Lipinski definition) is 3. The van der Waals surface area contributed by atoms with E-state index in [4.69, 9.17) is 11.6 Å². The third kappa shape index (κ3) is 5.93. The predicted molar refractivity (Wildman–Crippen MR) is 97.4 cm³/mol. The fourth-order valence-electron chi connectivity index (χ4n) is 2.17. The zero-order valence-electron chi connectivity index (χ0n) is 13.4. The van der Waals surface area contributed by atoms with Crippen molar-refractivity contribution in [2.75, 3.05) is 23.7 Å². The summed E-state index contributed by atoms with van der Waals surface area (Å²) in [6.07, 6.45) is 0.783. The molecule has 0 unspecified atom stereocenters. The largest absolute Gasteiger partial charge is 0.375 e. The molecular formula is C18H20ClN3O2. The first-order valence-electron chi connectivity index (χ1n) is 7.66. The molecule has 2 rings (SSSR count). The molecule has 24 heavy (non-hydrogen) atoms. The molecule has 0 fully saturated rings. The van der Waals surface area contributed by atoms with Crippen LogP contribution in [0.5, 0.6) is 0 Å². The van der Waals surface area contributed by atoms with E-state index in [1.807, 2.05) is 30.3 Å². The topological polar surface area (TPSA) is 70.2 Å². The fourth-order valence-corrected chi connectivity index (χ4v) is 2.36. The second-order valence-corrected chi connectivity index (χ2v) is 5.72. The van der Waals surface area contributed by atoms with Gasteiger partial charge in [0.05, 0.1) is 17.3 Å². The van der Waals surface area contributed by atoms with E-state index in [9.17, 15) is 9.59 Å². The first-order chi connectivity index (χ1) is 11.5. The number of rotatable bonds is 7. The van der Waals surface area contributed by atoms with E-state index in [1.54, 1.807) is 18.2 Å². The number of nitrogens with one attached hydrogen (secondary N) is 3. The van der Waals surface area contributed by atoms with Gasteiger partial charge in [-0.3, -0.25) is 9.59 Å². The molecule has 0 radical (unpaired) electrons. The maximum atomic E-state index is 11.9. The number of carbonyl (C=O) groups is 2. The van der Waals surface area contributed by atoms with Crippen LogP contribution >= 0.6 is 11.6 Å². The molecule has 3 N–H and O–H groups in total. The SMILES string of the molecule is CC(=O)Nc1ccc(Cl)c(NCC(=O)NCCc2ccccc2)c1. The van der Waals surface area contributed by atoms with Crippen LogP contribution in [0.25, 0.3) is 0 Å². The second kappa shape index (κ2) is 8.93. The van der Waals surface area contributed by atoms with E-state index in [-0.39, 0.29) is 18.4 Å². The van der Waals surface area contributed by atoms with Gasteiger partial charge in [-0.25, -0.2) is 0 Å². The van der Waals surface area contributed by atoms with Gasteiger partial charge in [-0.1, -0.05) is 41.9 Å². The lowest BCUT2D eigenvalue weighted by molar-refractivity contribution is -0.119. The van der Waals surface area contributed by atoms with Crippen LogP contribution in [0.2, 0.25) is 5.02 Å². The Bertz CT molecular complexity index is 705. The van der Waals surface area contributed by atoms with E-state index >= 15 is 0 Å². The van der Waals surface area contributed by atoms with E-state index in [1.165, 1.54) is 12.5 Å². The van der Waals surface area contributed by atoms with Gasteiger partial charge in [-0.15, -0.1) is 0 Å². The highest BCUT2D eigenvalue weighted by Gasteiger charge is 2.06. The van der Waals surface area contributed by atoms with Crippen LogP contribution in [0.3, 0.4) is 0 Å². The maximum absolute atomic E-state index is 11.9. The van der Waals surface area contributed by atoms with Gasteiger partial charge in [0, 0.05) is 19.2 Å². The zero-order chi connectivity index (χ0) is 17.4. The molecule has 2 amide bonds. The summed E-state index contributed by atoms with van der Waals surface area (Å²) in [5, 5.41) is 8.99. The highest BCUT2D eigenvalue weighted by Crippen LogP contribution is 2.25. The molecule has 2 aromatic carbocycles. The molecule has 0 aliphatic rings. The summed E-state index contributed by atoms with van der Waals surface area (Å²) in [6.45, 7) is 2.12. The Morgan fingerprint density at radius 1 is 1.08 bits per heavy atom. The molecular weight excluding hydrogens is 326 g/mol. The highest BCUT2D eigenvalue weighted by atomic mass is 35.5. The van der Waals surface area contributed by atoms with Crippen LogP contribution in [0.4, 0.5) is 11.4 Å².